The number of rotatable bonds is 5. The predicted octanol–water partition coefficient (Wildman–Crippen LogP) is 2.79. The van der Waals surface area contributed by atoms with E-state index in [9.17, 15) is 4.79 Å². The van der Waals surface area contributed by atoms with Crippen LogP contribution in [0.25, 0.3) is 10.9 Å². The van der Waals surface area contributed by atoms with Gasteiger partial charge in [0.05, 0.1) is 5.56 Å². The highest BCUT2D eigenvalue weighted by Gasteiger charge is 2.17. The van der Waals surface area contributed by atoms with Crippen LogP contribution in [-0.4, -0.2) is 28.9 Å². The second-order valence-electron chi connectivity index (χ2n) is 4.55. The molecule has 0 atom stereocenters. The van der Waals surface area contributed by atoms with Gasteiger partial charge in [0.1, 0.15) is 0 Å². The number of nitrogen functional groups attached to an aromatic ring is 1. The fourth-order valence-electron chi connectivity index (χ4n) is 2.19. The quantitative estimate of drug-likeness (QED) is 0.639. The SMILES string of the molecule is C=CCN(CCC)C(=O)c1c[nH]c2cc(N)ccc12. The Hall–Kier alpha value is -2.23. The number of carbonyl (C=O) groups excluding carboxylic acids is 1. The molecule has 0 bridgehead atoms. The van der Waals surface area contributed by atoms with Gasteiger partial charge in [0, 0.05) is 35.9 Å². The van der Waals surface area contributed by atoms with Gasteiger partial charge in [0.25, 0.3) is 5.91 Å². The molecule has 4 heteroatoms. The van der Waals surface area contributed by atoms with Crippen LogP contribution in [0.1, 0.15) is 23.7 Å². The number of benzene rings is 1. The number of aromatic nitrogens is 1. The van der Waals surface area contributed by atoms with E-state index in [1.807, 2.05) is 18.2 Å². The Labute approximate surface area is 112 Å². The molecule has 2 aromatic rings. The lowest BCUT2D eigenvalue weighted by molar-refractivity contribution is 0.0776. The highest BCUT2D eigenvalue weighted by Crippen LogP contribution is 2.22. The van der Waals surface area contributed by atoms with Gasteiger partial charge in [0.15, 0.2) is 0 Å². The van der Waals surface area contributed by atoms with Crippen molar-refractivity contribution < 1.29 is 4.79 Å². The molecule has 0 aliphatic rings. The van der Waals surface area contributed by atoms with Gasteiger partial charge in [0.2, 0.25) is 0 Å². The van der Waals surface area contributed by atoms with Gasteiger partial charge in [-0.3, -0.25) is 4.79 Å². The lowest BCUT2D eigenvalue weighted by atomic mass is 10.1. The molecule has 100 valence electrons. The number of nitrogens with zero attached hydrogens (tertiary/aromatic N) is 1. The first-order valence-electron chi connectivity index (χ1n) is 6.44. The molecule has 1 amide bonds. The smallest absolute Gasteiger partial charge is 0.256 e. The summed E-state index contributed by atoms with van der Waals surface area (Å²) in [4.78, 5) is 17.4. The molecule has 0 aliphatic carbocycles. The standard InChI is InChI=1S/C15H19N3O/c1-3-7-18(8-4-2)15(19)13-10-17-14-9-11(16)5-6-12(13)14/h3,5-6,9-10,17H,1,4,7-8,16H2,2H3. The van der Waals surface area contributed by atoms with E-state index in [-0.39, 0.29) is 5.91 Å². The monoisotopic (exact) mass is 257 g/mol. The van der Waals surface area contributed by atoms with Crippen molar-refractivity contribution in [1.82, 2.24) is 9.88 Å². The molecule has 0 unspecified atom stereocenters. The first-order chi connectivity index (χ1) is 9.17. The number of amides is 1. The van der Waals surface area contributed by atoms with Crippen LogP contribution in [0.2, 0.25) is 0 Å². The van der Waals surface area contributed by atoms with Crippen LogP contribution in [0.3, 0.4) is 0 Å². The third-order valence-electron chi connectivity index (χ3n) is 3.07. The maximum Gasteiger partial charge on any atom is 0.256 e. The Kier molecular flexibility index (Phi) is 3.90. The maximum atomic E-state index is 12.5. The second-order valence-corrected chi connectivity index (χ2v) is 4.55. The van der Waals surface area contributed by atoms with Gasteiger partial charge >= 0.3 is 0 Å². The zero-order chi connectivity index (χ0) is 13.8. The van der Waals surface area contributed by atoms with Crippen LogP contribution in [0.4, 0.5) is 5.69 Å². The number of anilines is 1. The van der Waals surface area contributed by atoms with Crippen LogP contribution >= 0.6 is 0 Å². The van der Waals surface area contributed by atoms with E-state index < -0.39 is 0 Å². The Morgan fingerprint density at radius 1 is 1.53 bits per heavy atom. The van der Waals surface area contributed by atoms with Gasteiger partial charge in [-0.05, 0) is 24.6 Å². The molecule has 19 heavy (non-hydrogen) atoms. The minimum Gasteiger partial charge on any atom is -0.399 e. The van der Waals surface area contributed by atoms with Crippen molar-refractivity contribution in [1.29, 1.82) is 0 Å². The number of nitrogens with one attached hydrogen (secondary N) is 1. The number of fused-ring (bicyclic) bond motifs is 1. The molecule has 0 radical (unpaired) electrons. The van der Waals surface area contributed by atoms with E-state index in [1.54, 1.807) is 17.2 Å². The van der Waals surface area contributed by atoms with Crippen molar-refractivity contribution in [3.05, 3.63) is 42.6 Å². The fraction of sp³-hybridized carbons (Fsp3) is 0.267. The number of H-pyrrole nitrogens is 1. The normalized spacial score (nSPS) is 10.6. The molecule has 0 aliphatic heterocycles. The summed E-state index contributed by atoms with van der Waals surface area (Å²) >= 11 is 0. The number of aromatic amines is 1. The van der Waals surface area contributed by atoms with Crippen molar-refractivity contribution in [2.75, 3.05) is 18.8 Å². The van der Waals surface area contributed by atoms with Crippen molar-refractivity contribution >= 4 is 22.5 Å². The predicted molar refractivity (Wildman–Crippen MR) is 79.1 cm³/mol. The average molecular weight is 257 g/mol. The summed E-state index contributed by atoms with van der Waals surface area (Å²) in [5.41, 5.74) is 7.99. The lowest BCUT2D eigenvalue weighted by Crippen LogP contribution is -2.31. The zero-order valence-corrected chi connectivity index (χ0v) is 11.1. The molecule has 4 nitrogen and oxygen atoms in total. The van der Waals surface area contributed by atoms with Gasteiger partial charge < -0.3 is 15.6 Å². The van der Waals surface area contributed by atoms with Crippen molar-refractivity contribution in [2.24, 2.45) is 0 Å². The third kappa shape index (κ3) is 2.62. The Morgan fingerprint density at radius 2 is 2.32 bits per heavy atom. The summed E-state index contributed by atoms with van der Waals surface area (Å²) in [5, 5.41) is 0.907. The molecule has 3 N–H and O–H groups in total. The number of hydrogen-bond donors (Lipinski definition) is 2. The Morgan fingerprint density at radius 3 is 3.00 bits per heavy atom. The molecule has 1 heterocycles. The largest absolute Gasteiger partial charge is 0.399 e. The topological polar surface area (TPSA) is 62.1 Å². The van der Waals surface area contributed by atoms with E-state index in [1.165, 1.54) is 0 Å². The van der Waals surface area contributed by atoms with Crippen LogP contribution in [0.5, 0.6) is 0 Å². The van der Waals surface area contributed by atoms with Crippen LogP contribution in [0.15, 0.2) is 37.1 Å². The van der Waals surface area contributed by atoms with Gasteiger partial charge in [-0.15, -0.1) is 6.58 Å². The number of hydrogen-bond acceptors (Lipinski definition) is 2. The summed E-state index contributed by atoms with van der Waals surface area (Å²) in [6, 6.07) is 5.53. The number of carbonyl (C=O) groups is 1. The van der Waals surface area contributed by atoms with E-state index in [0.717, 1.165) is 23.9 Å². The first-order valence-corrected chi connectivity index (χ1v) is 6.44. The second kappa shape index (κ2) is 5.61. The van der Waals surface area contributed by atoms with Crippen LogP contribution in [-0.2, 0) is 0 Å². The molecule has 0 saturated heterocycles. The highest BCUT2D eigenvalue weighted by atomic mass is 16.2. The number of nitrogens with two attached hydrogens (primary N) is 1. The molecular formula is C15H19N3O. The zero-order valence-electron chi connectivity index (χ0n) is 11.1. The molecule has 1 aromatic carbocycles. The molecule has 0 fully saturated rings. The van der Waals surface area contributed by atoms with E-state index >= 15 is 0 Å². The maximum absolute atomic E-state index is 12.5. The van der Waals surface area contributed by atoms with E-state index in [0.29, 0.717) is 17.8 Å². The first kappa shape index (κ1) is 13.2. The average Bonchev–Trinajstić information content (AvgIpc) is 2.80. The van der Waals surface area contributed by atoms with Crippen LogP contribution < -0.4 is 5.73 Å². The summed E-state index contributed by atoms with van der Waals surface area (Å²) in [6.07, 6.45) is 4.42. The highest BCUT2D eigenvalue weighted by molar-refractivity contribution is 6.07. The molecule has 0 saturated carbocycles. The van der Waals surface area contributed by atoms with Gasteiger partial charge in [-0.2, -0.15) is 0 Å². The van der Waals surface area contributed by atoms with E-state index in [4.69, 9.17) is 5.73 Å². The van der Waals surface area contributed by atoms with E-state index in [2.05, 4.69) is 18.5 Å². The summed E-state index contributed by atoms with van der Waals surface area (Å²) < 4.78 is 0. The van der Waals surface area contributed by atoms with Crippen LogP contribution in [0, 0.1) is 0 Å². The minimum atomic E-state index is 0.0257. The summed E-state index contributed by atoms with van der Waals surface area (Å²) in [6.45, 7) is 7.05. The minimum absolute atomic E-state index is 0.0257. The van der Waals surface area contributed by atoms with Gasteiger partial charge in [-0.25, -0.2) is 0 Å². The van der Waals surface area contributed by atoms with Crippen molar-refractivity contribution in [3.63, 3.8) is 0 Å². The summed E-state index contributed by atoms with van der Waals surface area (Å²) in [7, 11) is 0. The van der Waals surface area contributed by atoms with Crippen molar-refractivity contribution in [2.45, 2.75) is 13.3 Å². The Balaban J connectivity index is 2.37. The Bertz CT molecular complexity index is 600. The molecule has 0 spiro atoms. The lowest BCUT2D eigenvalue weighted by Gasteiger charge is -2.19. The third-order valence-corrected chi connectivity index (χ3v) is 3.07. The summed E-state index contributed by atoms with van der Waals surface area (Å²) in [5.74, 6) is 0.0257. The van der Waals surface area contributed by atoms with Crippen molar-refractivity contribution in [3.8, 4) is 0 Å². The molecular weight excluding hydrogens is 238 g/mol. The molecule has 2 rings (SSSR count). The fourth-order valence-corrected chi connectivity index (χ4v) is 2.19. The molecule has 1 aromatic heterocycles. The van der Waals surface area contributed by atoms with Gasteiger partial charge in [-0.1, -0.05) is 13.0 Å².